The van der Waals surface area contributed by atoms with Gasteiger partial charge in [-0.05, 0) is 31.0 Å². The Morgan fingerprint density at radius 1 is 1.00 bits per heavy atom. The highest BCUT2D eigenvalue weighted by Crippen LogP contribution is 2.08. The fourth-order valence-corrected chi connectivity index (χ4v) is 2.32. The maximum atomic E-state index is 9.99. The van der Waals surface area contributed by atoms with Crippen LogP contribution in [0.25, 0.3) is 0 Å². The smallest absolute Gasteiger partial charge is 0.137 e. The van der Waals surface area contributed by atoms with Gasteiger partial charge in [-0.3, -0.25) is 0 Å². The van der Waals surface area contributed by atoms with Crippen LogP contribution in [0, 0.1) is 0 Å². The molecule has 2 aromatic carbocycles. The number of aliphatic hydroxyl groups is 1. The summed E-state index contributed by atoms with van der Waals surface area (Å²) in [6.45, 7) is 3.21. The molecule has 0 aliphatic rings. The first-order valence-electron chi connectivity index (χ1n) is 7.97. The summed E-state index contributed by atoms with van der Waals surface area (Å²) in [5.41, 5.74) is 1.37. The van der Waals surface area contributed by atoms with Crippen LogP contribution in [-0.2, 0) is 6.42 Å². The van der Waals surface area contributed by atoms with Crippen LogP contribution < -0.4 is 10.1 Å². The number of rotatable bonds is 9. The largest absolute Gasteiger partial charge is 0.491 e. The molecule has 0 aliphatic heterocycles. The molecule has 0 bridgehead atoms. The third-order valence-corrected chi connectivity index (χ3v) is 3.73. The van der Waals surface area contributed by atoms with Crippen LogP contribution in [-0.4, -0.2) is 30.4 Å². The second-order valence-electron chi connectivity index (χ2n) is 5.75. The van der Waals surface area contributed by atoms with Crippen molar-refractivity contribution in [2.75, 3.05) is 13.2 Å². The van der Waals surface area contributed by atoms with Gasteiger partial charge in [-0.1, -0.05) is 48.5 Å². The van der Waals surface area contributed by atoms with Crippen molar-refractivity contribution in [1.82, 2.24) is 0 Å². The first-order chi connectivity index (χ1) is 10.7. The number of aliphatic hydroxyl groups excluding tert-OH is 1. The first kappa shape index (κ1) is 16.5. The van der Waals surface area contributed by atoms with Crippen molar-refractivity contribution in [1.29, 1.82) is 0 Å². The quantitative estimate of drug-likeness (QED) is 0.744. The Morgan fingerprint density at radius 2 is 1.64 bits per heavy atom. The zero-order chi connectivity index (χ0) is 15.6. The van der Waals surface area contributed by atoms with Crippen LogP contribution in [0.1, 0.15) is 18.9 Å². The fourth-order valence-electron chi connectivity index (χ4n) is 2.32. The zero-order valence-electron chi connectivity index (χ0n) is 13.2. The summed E-state index contributed by atoms with van der Waals surface area (Å²) >= 11 is 0. The second-order valence-corrected chi connectivity index (χ2v) is 5.75. The van der Waals surface area contributed by atoms with Gasteiger partial charge in [0.25, 0.3) is 0 Å². The molecule has 3 heteroatoms. The van der Waals surface area contributed by atoms with Crippen LogP contribution in [0.4, 0.5) is 0 Å². The van der Waals surface area contributed by atoms with Crippen molar-refractivity contribution < 1.29 is 15.2 Å². The van der Waals surface area contributed by atoms with E-state index in [4.69, 9.17) is 4.74 Å². The molecule has 118 valence electrons. The van der Waals surface area contributed by atoms with Gasteiger partial charge < -0.3 is 15.2 Å². The third-order valence-electron chi connectivity index (χ3n) is 3.73. The van der Waals surface area contributed by atoms with Crippen molar-refractivity contribution in [3.8, 4) is 5.75 Å². The number of aryl methyl sites for hydroxylation is 1. The van der Waals surface area contributed by atoms with Gasteiger partial charge in [0.1, 0.15) is 25.0 Å². The Morgan fingerprint density at radius 3 is 2.32 bits per heavy atom. The SMILES string of the molecule is C[C@H](CCc1ccccc1)[NH2+]C[C@H](O)COc1ccccc1. The fraction of sp³-hybridized carbons (Fsp3) is 0.368. The molecule has 0 saturated heterocycles. The molecule has 0 radical (unpaired) electrons. The maximum Gasteiger partial charge on any atom is 0.137 e. The molecular weight excluding hydrogens is 274 g/mol. The predicted octanol–water partition coefficient (Wildman–Crippen LogP) is 2.01. The van der Waals surface area contributed by atoms with Gasteiger partial charge in [-0.25, -0.2) is 0 Å². The number of hydrogen-bond donors (Lipinski definition) is 2. The lowest BCUT2D eigenvalue weighted by Crippen LogP contribution is -2.91. The summed E-state index contributed by atoms with van der Waals surface area (Å²) < 4.78 is 5.56. The van der Waals surface area contributed by atoms with Gasteiger partial charge in [-0.2, -0.15) is 0 Å². The van der Waals surface area contributed by atoms with Crippen LogP contribution in [0.15, 0.2) is 60.7 Å². The number of nitrogens with two attached hydrogens (primary N) is 1. The van der Waals surface area contributed by atoms with E-state index in [0.29, 0.717) is 19.2 Å². The first-order valence-corrected chi connectivity index (χ1v) is 7.97. The topological polar surface area (TPSA) is 46.1 Å². The molecule has 2 aromatic rings. The highest BCUT2D eigenvalue weighted by Gasteiger charge is 2.11. The van der Waals surface area contributed by atoms with Gasteiger partial charge in [0.15, 0.2) is 0 Å². The van der Waals surface area contributed by atoms with E-state index in [0.717, 1.165) is 18.6 Å². The van der Waals surface area contributed by atoms with E-state index in [2.05, 4.69) is 36.5 Å². The molecule has 0 aliphatic carbocycles. The molecule has 3 nitrogen and oxygen atoms in total. The van der Waals surface area contributed by atoms with E-state index in [1.165, 1.54) is 5.56 Å². The minimum absolute atomic E-state index is 0.339. The predicted molar refractivity (Wildman–Crippen MR) is 89.0 cm³/mol. The molecule has 0 fully saturated rings. The Hall–Kier alpha value is -1.84. The van der Waals surface area contributed by atoms with Crippen LogP contribution in [0.2, 0.25) is 0 Å². The molecule has 2 atom stereocenters. The Kier molecular flexibility index (Phi) is 6.94. The molecule has 0 spiro atoms. The van der Waals surface area contributed by atoms with Gasteiger partial charge in [0.05, 0.1) is 6.04 Å². The average Bonchev–Trinajstić information content (AvgIpc) is 2.58. The van der Waals surface area contributed by atoms with E-state index >= 15 is 0 Å². The summed E-state index contributed by atoms with van der Waals surface area (Å²) in [6, 6.07) is 20.6. The molecule has 0 aromatic heterocycles. The lowest BCUT2D eigenvalue weighted by molar-refractivity contribution is -0.692. The van der Waals surface area contributed by atoms with Crippen LogP contribution in [0.3, 0.4) is 0 Å². The summed E-state index contributed by atoms with van der Waals surface area (Å²) in [5, 5.41) is 12.2. The van der Waals surface area contributed by atoms with Crippen molar-refractivity contribution in [2.24, 2.45) is 0 Å². The highest BCUT2D eigenvalue weighted by atomic mass is 16.5. The Bertz CT molecular complexity index is 466. The van der Waals surface area contributed by atoms with E-state index in [1.54, 1.807) is 0 Å². The number of hydrogen-bond acceptors (Lipinski definition) is 2. The minimum atomic E-state index is -0.445. The highest BCUT2D eigenvalue weighted by molar-refractivity contribution is 5.20. The van der Waals surface area contributed by atoms with Gasteiger partial charge in [-0.15, -0.1) is 0 Å². The van der Waals surface area contributed by atoms with E-state index in [1.807, 2.05) is 36.4 Å². The molecule has 2 rings (SSSR count). The number of para-hydroxylation sites is 1. The Balaban J connectivity index is 1.60. The van der Waals surface area contributed by atoms with Crippen molar-refractivity contribution in [3.05, 3.63) is 66.2 Å². The average molecular weight is 300 g/mol. The number of benzene rings is 2. The van der Waals surface area contributed by atoms with Crippen molar-refractivity contribution >= 4 is 0 Å². The monoisotopic (exact) mass is 300 g/mol. The van der Waals surface area contributed by atoms with Gasteiger partial charge >= 0.3 is 0 Å². The number of ether oxygens (including phenoxy) is 1. The molecule has 3 N–H and O–H groups in total. The van der Waals surface area contributed by atoms with Crippen molar-refractivity contribution in [2.45, 2.75) is 31.9 Å². The molecule has 22 heavy (non-hydrogen) atoms. The summed E-state index contributed by atoms with van der Waals surface area (Å²) in [4.78, 5) is 0. The minimum Gasteiger partial charge on any atom is -0.491 e. The lowest BCUT2D eigenvalue weighted by atomic mass is 10.1. The van der Waals surface area contributed by atoms with Crippen LogP contribution >= 0.6 is 0 Å². The van der Waals surface area contributed by atoms with E-state index in [9.17, 15) is 5.11 Å². The Labute approximate surface area is 133 Å². The summed E-state index contributed by atoms with van der Waals surface area (Å²) in [6.07, 6.45) is 1.74. The van der Waals surface area contributed by atoms with Crippen molar-refractivity contribution in [3.63, 3.8) is 0 Å². The second kappa shape index (κ2) is 9.23. The van der Waals surface area contributed by atoms with E-state index in [-0.39, 0.29) is 0 Å². The molecule has 0 unspecified atom stereocenters. The molecule has 0 heterocycles. The molecule has 0 amide bonds. The molecule has 0 saturated carbocycles. The normalized spacial score (nSPS) is 13.5. The molecular formula is C19H26NO2+. The standard InChI is InChI=1S/C19H25NO2/c1-16(12-13-17-8-4-2-5-9-17)20-14-18(21)15-22-19-10-6-3-7-11-19/h2-11,16,18,20-21H,12-15H2,1H3/p+1/t16-,18+/m1/s1. The number of quaternary nitrogens is 1. The zero-order valence-corrected chi connectivity index (χ0v) is 13.2. The maximum absolute atomic E-state index is 9.99. The van der Waals surface area contributed by atoms with Crippen LogP contribution in [0.5, 0.6) is 5.75 Å². The lowest BCUT2D eigenvalue weighted by Gasteiger charge is -2.15. The van der Waals surface area contributed by atoms with E-state index < -0.39 is 6.10 Å². The summed E-state index contributed by atoms with van der Waals surface area (Å²) in [7, 11) is 0. The third kappa shape index (κ3) is 6.29. The van der Waals surface area contributed by atoms with Gasteiger partial charge in [0, 0.05) is 6.42 Å². The summed E-state index contributed by atoms with van der Waals surface area (Å²) in [5.74, 6) is 0.804. The van der Waals surface area contributed by atoms with Gasteiger partial charge in [0.2, 0.25) is 0 Å².